The molecule has 0 saturated heterocycles. The number of H-pyrrole nitrogens is 2. The Labute approximate surface area is 193 Å². The van der Waals surface area contributed by atoms with Crippen LogP contribution in [0.1, 0.15) is 92.3 Å². The molecule has 0 fully saturated rings. The van der Waals surface area contributed by atoms with Crippen LogP contribution in [0, 0.1) is 9.54 Å². The number of unbranched alkanes of at least 4 members (excludes halogenated alkanes) is 10. The molecule has 0 aliphatic heterocycles. The maximum absolute atomic E-state index is 5.23. The quantitative estimate of drug-likeness (QED) is 0.263. The van der Waals surface area contributed by atoms with Crippen LogP contribution in [0.25, 0.3) is 0 Å². The van der Waals surface area contributed by atoms with Crippen LogP contribution in [0.4, 0.5) is 5.95 Å². The zero-order valence-electron chi connectivity index (χ0n) is 18.1. The van der Waals surface area contributed by atoms with Crippen LogP contribution in [-0.4, -0.2) is 28.0 Å². The summed E-state index contributed by atoms with van der Waals surface area (Å²) in [5.74, 6) is 0.830. The van der Waals surface area contributed by atoms with E-state index >= 15 is 0 Å². The van der Waals surface area contributed by atoms with Crippen LogP contribution in [0.5, 0.6) is 0 Å². The van der Waals surface area contributed by atoms with Gasteiger partial charge in [0, 0.05) is 13.1 Å². The van der Waals surface area contributed by atoms with Gasteiger partial charge < -0.3 is 16.3 Å². The summed E-state index contributed by atoms with van der Waals surface area (Å²) in [6, 6.07) is 0. The summed E-state index contributed by atoms with van der Waals surface area (Å²) >= 11 is 10.4. The summed E-state index contributed by atoms with van der Waals surface area (Å²) in [6.07, 6.45) is 15.6. The molecule has 7 heteroatoms. The largest absolute Gasteiger partial charge is 1.00 e. The number of nitrogens with one attached hydrogen (secondary N) is 2. The summed E-state index contributed by atoms with van der Waals surface area (Å²) in [5.41, 5.74) is 0. The van der Waals surface area contributed by atoms with Gasteiger partial charge in [0.05, 0.1) is 0 Å². The fourth-order valence-corrected chi connectivity index (χ4v) is 3.46. The molecule has 1 aromatic heterocycles. The summed E-state index contributed by atoms with van der Waals surface area (Å²) in [5, 5.41) is 0. The maximum Gasteiger partial charge on any atom is 1.00 e. The van der Waals surface area contributed by atoms with Gasteiger partial charge in [-0.15, -0.1) is 0 Å². The standard InChI is InChI=1S/C19H36N4S2.Na.H/c1-3-5-7-9-11-13-15-23(16-14-12-10-8-6-4-2)17-20-18(24)22-19(25)21-17;;/h3-16H2,1-2H3,(H2,20,21,22,24,25);;/q;+1;-1. The van der Waals surface area contributed by atoms with Crippen molar-refractivity contribution >= 4 is 30.4 Å². The average molecular weight is 409 g/mol. The predicted molar refractivity (Wildman–Crippen MR) is 115 cm³/mol. The Morgan fingerprint density at radius 3 is 1.69 bits per heavy atom. The van der Waals surface area contributed by atoms with Crippen LogP contribution in [0.3, 0.4) is 0 Å². The average Bonchev–Trinajstić information content (AvgIpc) is 2.58. The first kappa shape index (κ1) is 26.2. The van der Waals surface area contributed by atoms with Gasteiger partial charge in [0.25, 0.3) is 0 Å². The Morgan fingerprint density at radius 2 is 1.23 bits per heavy atom. The zero-order valence-corrected chi connectivity index (χ0v) is 20.7. The van der Waals surface area contributed by atoms with Crippen LogP contribution in [0.15, 0.2) is 0 Å². The molecule has 0 aliphatic rings. The summed E-state index contributed by atoms with van der Waals surface area (Å²) in [4.78, 5) is 12.8. The SMILES string of the molecule is CCCCCCCCN(CCCCCCCC)c1nc(=S)[nH]c(=S)[nH]1.[H-].[Na+]. The second kappa shape index (κ2) is 17.4. The van der Waals surface area contributed by atoms with Gasteiger partial charge in [-0.1, -0.05) is 78.1 Å². The van der Waals surface area contributed by atoms with E-state index in [2.05, 4.69) is 33.7 Å². The van der Waals surface area contributed by atoms with Crippen molar-refractivity contribution in [3.8, 4) is 0 Å². The van der Waals surface area contributed by atoms with E-state index in [0.717, 1.165) is 19.0 Å². The monoisotopic (exact) mass is 408 g/mol. The molecule has 1 heterocycles. The molecule has 0 saturated carbocycles. The van der Waals surface area contributed by atoms with E-state index in [0.29, 0.717) is 9.54 Å². The Kier molecular flexibility index (Phi) is 17.5. The van der Waals surface area contributed by atoms with Crippen LogP contribution >= 0.6 is 24.4 Å². The van der Waals surface area contributed by atoms with Crippen molar-refractivity contribution in [1.82, 2.24) is 15.0 Å². The second-order valence-electron chi connectivity index (χ2n) is 6.84. The Hall–Kier alpha value is 0.250. The molecular weight excluding hydrogens is 371 g/mol. The Bertz CT molecular complexity index is 521. The molecule has 0 amide bonds. The zero-order chi connectivity index (χ0) is 18.3. The minimum atomic E-state index is 0. The molecule has 2 N–H and O–H groups in total. The molecule has 0 radical (unpaired) electrons. The van der Waals surface area contributed by atoms with Gasteiger partial charge in [-0.2, -0.15) is 4.98 Å². The van der Waals surface area contributed by atoms with E-state index in [-0.39, 0.29) is 31.0 Å². The van der Waals surface area contributed by atoms with E-state index in [4.69, 9.17) is 24.4 Å². The van der Waals surface area contributed by atoms with Crippen molar-refractivity contribution in [2.75, 3.05) is 18.0 Å². The maximum atomic E-state index is 5.23. The molecule has 1 aromatic rings. The fraction of sp³-hybridized carbons (Fsp3) is 0.842. The molecule has 26 heavy (non-hydrogen) atoms. The normalized spacial score (nSPS) is 10.5. The molecule has 0 bridgehead atoms. The molecule has 4 nitrogen and oxygen atoms in total. The van der Waals surface area contributed by atoms with E-state index in [1.54, 1.807) is 0 Å². The first-order valence-corrected chi connectivity index (χ1v) is 10.9. The van der Waals surface area contributed by atoms with Gasteiger partial charge in [-0.25, -0.2) is 0 Å². The molecule has 0 atom stereocenters. The molecular formula is C19H37N4NaS2. The minimum Gasteiger partial charge on any atom is -1.00 e. The molecule has 0 aromatic carbocycles. The number of hydrogen-bond acceptors (Lipinski definition) is 4. The van der Waals surface area contributed by atoms with Gasteiger partial charge in [-0.05, 0) is 37.3 Å². The van der Waals surface area contributed by atoms with Crippen LogP contribution in [0.2, 0.25) is 0 Å². The van der Waals surface area contributed by atoms with Gasteiger partial charge in [0.1, 0.15) is 0 Å². The topological polar surface area (TPSA) is 47.7 Å². The molecule has 0 aliphatic carbocycles. The third-order valence-electron chi connectivity index (χ3n) is 4.52. The fourth-order valence-electron chi connectivity index (χ4n) is 3.02. The van der Waals surface area contributed by atoms with E-state index in [1.807, 2.05) is 0 Å². The summed E-state index contributed by atoms with van der Waals surface area (Å²) in [6.45, 7) is 6.57. The Morgan fingerprint density at radius 1 is 0.769 bits per heavy atom. The molecule has 146 valence electrons. The van der Waals surface area contributed by atoms with E-state index in [9.17, 15) is 0 Å². The van der Waals surface area contributed by atoms with Crippen molar-refractivity contribution in [1.29, 1.82) is 0 Å². The minimum absolute atomic E-state index is 0. The van der Waals surface area contributed by atoms with Gasteiger partial charge in [0.2, 0.25) is 10.7 Å². The van der Waals surface area contributed by atoms with E-state index in [1.165, 1.54) is 77.0 Å². The first-order valence-electron chi connectivity index (χ1n) is 10.1. The van der Waals surface area contributed by atoms with Gasteiger partial charge in [0.15, 0.2) is 4.77 Å². The number of anilines is 1. The van der Waals surface area contributed by atoms with Crippen molar-refractivity contribution < 1.29 is 31.0 Å². The second-order valence-corrected chi connectivity index (χ2v) is 7.64. The first-order chi connectivity index (χ1) is 12.2. The molecule has 0 unspecified atom stereocenters. The van der Waals surface area contributed by atoms with Crippen molar-refractivity contribution in [3.05, 3.63) is 9.54 Å². The van der Waals surface area contributed by atoms with Crippen LogP contribution in [-0.2, 0) is 0 Å². The smallest absolute Gasteiger partial charge is 1.00 e. The third kappa shape index (κ3) is 12.6. The van der Waals surface area contributed by atoms with Gasteiger partial charge in [-0.3, -0.25) is 0 Å². The molecule has 0 spiro atoms. The van der Waals surface area contributed by atoms with Gasteiger partial charge >= 0.3 is 29.6 Å². The Balaban J connectivity index is 0. The number of hydrogen-bond donors (Lipinski definition) is 2. The number of aromatic nitrogens is 3. The summed E-state index contributed by atoms with van der Waals surface area (Å²) < 4.78 is 1.03. The number of nitrogens with zero attached hydrogens (tertiary/aromatic N) is 2. The number of aromatic amines is 2. The van der Waals surface area contributed by atoms with Crippen LogP contribution < -0.4 is 34.5 Å². The van der Waals surface area contributed by atoms with Crippen molar-refractivity contribution in [2.45, 2.75) is 90.9 Å². The van der Waals surface area contributed by atoms with Crippen molar-refractivity contribution in [3.63, 3.8) is 0 Å². The molecule has 1 rings (SSSR count). The number of rotatable bonds is 15. The van der Waals surface area contributed by atoms with E-state index < -0.39 is 0 Å². The third-order valence-corrected chi connectivity index (χ3v) is 4.91. The van der Waals surface area contributed by atoms with Crippen molar-refractivity contribution in [2.24, 2.45) is 0 Å². The predicted octanol–water partition coefficient (Wildman–Crippen LogP) is 3.84. The summed E-state index contributed by atoms with van der Waals surface area (Å²) in [7, 11) is 0.